The van der Waals surface area contributed by atoms with E-state index in [9.17, 15) is 9.18 Å². The molecule has 3 nitrogen and oxygen atoms in total. The monoisotopic (exact) mass is 293 g/mol. The van der Waals surface area contributed by atoms with E-state index in [1.54, 1.807) is 26.2 Å². The molecule has 0 saturated carbocycles. The molecule has 4 heteroatoms. The largest absolute Gasteiger partial charge is 0.385 e. The summed E-state index contributed by atoms with van der Waals surface area (Å²) >= 11 is 0. The summed E-state index contributed by atoms with van der Waals surface area (Å²) in [4.78, 5) is 14.6. The number of hydrogen-bond donors (Lipinski definition) is 0. The van der Waals surface area contributed by atoms with Crippen LogP contribution in [0.1, 0.15) is 48.0 Å². The number of carbonyl (C=O) groups is 1. The minimum absolute atomic E-state index is 0.0454. The summed E-state index contributed by atoms with van der Waals surface area (Å²) in [5.41, 5.74) is 1.03. The molecule has 2 rings (SSSR count). The lowest BCUT2D eigenvalue weighted by atomic mass is 9.97. The van der Waals surface area contributed by atoms with Crippen molar-refractivity contribution in [2.45, 2.75) is 45.1 Å². The van der Waals surface area contributed by atoms with Crippen LogP contribution in [0.15, 0.2) is 18.2 Å². The molecule has 21 heavy (non-hydrogen) atoms. The van der Waals surface area contributed by atoms with Gasteiger partial charge in [0.25, 0.3) is 5.91 Å². The van der Waals surface area contributed by atoms with Crippen molar-refractivity contribution in [3.05, 3.63) is 35.1 Å². The van der Waals surface area contributed by atoms with Crippen molar-refractivity contribution in [1.29, 1.82) is 0 Å². The third kappa shape index (κ3) is 4.03. The Hall–Kier alpha value is -1.42. The molecule has 0 radical (unpaired) electrons. The summed E-state index contributed by atoms with van der Waals surface area (Å²) in [6, 6.07) is 5.01. The van der Waals surface area contributed by atoms with Crippen molar-refractivity contribution in [2.75, 3.05) is 20.3 Å². The maximum Gasteiger partial charge on any atom is 0.254 e. The van der Waals surface area contributed by atoms with Gasteiger partial charge in [-0.05, 0) is 56.7 Å². The Bertz CT molecular complexity index is 490. The fraction of sp³-hybridized carbons (Fsp3) is 0.588. The highest BCUT2D eigenvalue weighted by Gasteiger charge is 2.27. The molecule has 0 aromatic heterocycles. The molecule has 1 aliphatic rings. The van der Waals surface area contributed by atoms with Crippen molar-refractivity contribution < 1.29 is 13.9 Å². The topological polar surface area (TPSA) is 29.5 Å². The minimum Gasteiger partial charge on any atom is -0.385 e. The first-order valence-corrected chi connectivity index (χ1v) is 7.69. The highest BCUT2D eigenvalue weighted by atomic mass is 19.1. The molecule has 1 fully saturated rings. The van der Waals surface area contributed by atoms with E-state index in [0.29, 0.717) is 11.1 Å². The summed E-state index contributed by atoms with van der Waals surface area (Å²) < 4.78 is 18.8. The van der Waals surface area contributed by atoms with E-state index in [1.807, 2.05) is 4.90 Å². The quantitative estimate of drug-likeness (QED) is 0.777. The van der Waals surface area contributed by atoms with E-state index in [1.165, 1.54) is 6.07 Å². The Balaban J connectivity index is 2.08. The van der Waals surface area contributed by atoms with Gasteiger partial charge < -0.3 is 9.64 Å². The number of piperidine rings is 1. The van der Waals surface area contributed by atoms with Crippen molar-refractivity contribution in [2.24, 2.45) is 0 Å². The molecule has 1 saturated heterocycles. The summed E-state index contributed by atoms with van der Waals surface area (Å²) in [5.74, 6) is -0.357. The second-order valence-corrected chi connectivity index (χ2v) is 5.75. The molecular weight excluding hydrogens is 269 g/mol. The average molecular weight is 293 g/mol. The maximum atomic E-state index is 13.7. The number of amides is 1. The zero-order valence-corrected chi connectivity index (χ0v) is 12.9. The Morgan fingerprint density at radius 2 is 2.24 bits per heavy atom. The van der Waals surface area contributed by atoms with Gasteiger partial charge in [-0.3, -0.25) is 4.79 Å². The number of carbonyl (C=O) groups excluding carboxylic acids is 1. The average Bonchev–Trinajstić information content (AvgIpc) is 2.50. The smallest absolute Gasteiger partial charge is 0.254 e. The summed E-state index contributed by atoms with van der Waals surface area (Å²) in [7, 11) is 1.69. The van der Waals surface area contributed by atoms with Crippen molar-refractivity contribution in [3.63, 3.8) is 0 Å². The molecule has 1 amide bonds. The van der Waals surface area contributed by atoms with E-state index in [2.05, 4.69) is 0 Å². The van der Waals surface area contributed by atoms with Gasteiger partial charge in [-0.25, -0.2) is 4.39 Å². The summed E-state index contributed by atoms with van der Waals surface area (Å²) in [5, 5.41) is 0. The molecule has 0 bridgehead atoms. The first kappa shape index (κ1) is 16.0. The standard InChI is InChI=1S/C17H24FNO2/c1-13-8-9-14(12-16(13)18)17(20)19-10-4-3-6-15(19)7-5-11-21-2/h8-9,12,15H,3-7,10-11H2,1-2H3/t15-/m1/s1. The number of ether oxygens (including phenoxy) is 1. The first-order valence-electron chi connectivity index (χ1n) is 7.69. The first-order chi connectivity index (χ1) is 10.1. The van der Waals surface area contributed by atoms with Crippen LogP contribution in [0.5, 0.6) is 0 Å². The number of aryl methyl sites for hydroxylation is 1. The molecule has 1 heterocycles. The molecular formula is C17H24FNO2. The Kier molecular flexibility index (Phi) is 5.74. The molecule has 1 aliphatic heterocycles. The highest BCUT2D eigenvalue weighted by molar-refractivity contribution is 5.94. The molecule has 116 valence electrons. The van der Waals surface area contributed by atoms with Gasteiger partial charge >= 0.3 is 0 Å². The minimum atomic E-state index is -0.311. The second kappa shape index (κ2) is 7.55. The summed E-state index contributed by atoms with van der Waals surface area (Å²) in [6.45, 7) is 3.20. The van der Waals surface area contributed by atoms with Crippen LogP contribution in [-0.4, -0.2) is 37.1 Å². The fourth-order valence-electron chi connectivity index (χ4n) is 2.92. The molecule has 0 unspecified atom stereocenters. The van der Waals surface area contributed by atoms with Gasteiger partial charge in [0.2, 0.25) is 0 Å². The SMILES string of the molecule is COCCC[C@H]1CCCCN1C(=O)c1ccc(C)c(F)c1. The highest BCUT2D eigenvalue weighted by Crippen LogP contribution is 2.23. The summed E-state index contributed by atoms with van der Waals surface area (Å²) in [6.07, 6.45) is 5.12. The third-order valence-corrected chi connectivity index (χ3v) is 4.19. The number of methoxy groups -OCH3 is 1. The third-order valence-electron chi connectivity index (χ3n) is 4.19. The second-order valence-electron chi connectivity index (χ2n) is 5.75. The van der Waals surface area contributed by atoms with E-state index in [-0.39, 0.29) is 17.8 Å². The lowest BCUT2D eigenvalue weighted by molar-refractivity contribution is 0.0584. The fourth-order valence-corrected chi connectivity index (χ4v) is 2.92. The molecule has 0 N–H and O–H groups in total. The van der Waals surface area contributed by atoms with Gasteiger partial charge in [0.15, 0.2) is 0 Å². The lowest BCUT2D eigenvalue weighted by Gasteiger charge is -2.36. The Morgan fingerprint density at radius 1 is 1.43 bits per heavy atom. The number of nitrogens with zero attached hydrogens (tertiary/aromatic N) is 1. The zero-order valence-electron chi connectivity index (χ0n) is 12.9. The van der Waals surface area contributed by atoms with Crippen molar-refractivity contribution >= 4 is 5.91 Å². The van der Waals surface area contributed by atoms with Gasteiger partial charge in [-0.1, -0.05) is 6.07 Å². The predicted molar refractivity (Wildman–Crippen MR) is 80.9 cm³/mol. The van der Waals surface area contributed by atoms with Crippen LogP contribution in [-0.2, 0) is 4.74 Å². The zero-order chi connectivity index (χ0) is 15.2. The van der Waals surface area contributed by atoms with Crippen LogP contribution in [0.3, 0.4) is 0 Å². The van der Waals surface area contributed by atoms with Crippen molar-refractivity contribution in [3.8, 4) is 0 Å². The van der Waals surface area contributed by atoms with Crippen LogP contribution in [0.25, 0.3) is 0 Å². The van der Waals surface area contributed by atoms with E-state index < -0.39 is 0 Å². The Labute approximate surface area is 126 Å². The molecule has 0 spiro atoms. The number of rotatable bonds is 5. The molecule has 1 aromatic rings. The van der Waals surface area contributed by atoms with Gasteiger partial charge in [0, 0.05) is 31.9 Å². The lowest BCUT2D eigenvalue weighted by Crippen LogP contribution is -2.43. The van der Waals surface area contributed by atoms with E-state index >= 15 is 0 Å². The normalized spacial score (nSPS) is 18.8. The molecule has 0 aliphatic carbocycles. The van der Waals surface area contributed by atoms with Gasteiger partial charge in [-0.2, -0.15) is 0 Å². The number of likely N-dealkylation sites (tertiary alicyclic amines) is 1. The maximum absolute atomic E-state index is 13.7. The van der Waals surface area contributed by atoms with Gasteiger partial charge in [0.05, 0.1) is 0 Å². The molecule has 1 atom stereocenters. The van der Waals surface area contributed by atoms with E-state index in [4.69, 9.17) is 4.74 Å². The van der Waals surface area contributed by atoms with Crippen LogP contribution < -0.4 is 0 Å². The van der Waals surface area contributed by atoms with Crippen LogP contribution in [0.4, 0.5) is 4.39 Å². The van der Waals surface area contributed by atoms with Crippen LogP contribution >= 0.6 is 0 Å². The van der Waals surface area contributed by atoms with Crippen LogP contribution in [0, 0.1) is 12.7 Å². The Morgan fingerprint density at radius 3 is 2.95 bits per heavy atom. The van der Waals surface area contributed by atoms with Crippen molar-refractivity contribution in [1.82, 2.24) is 4.90 Å². The van der Waals surface area contributed by atoms with Crippen LogP contribution in [0.2, 0.25) is 0 Å². The number of halogens is 1. The number of benzene rings is 1. The van der Waals surface area contributed by atoms with Gasteiger partial charge in [-0.15, -0.1) is 0 Å². The number of hydrogen-bond acceptors (Lipinski definition) is 2. The van der Waals surface area contributed by atoms with Gasteiger partial charge in [0.1, 0.15) is 5.82 Å². The van der Waals surface area contributed by atoms with E-state index in [0.717, 1.165) is 45.3 Å². The predicted octanol–water partition coefficient (Wildman–Crippen LogP) is 3.56. The molecule has 1 aromatic carbocycles.